The molecule has 0 saturated heterocycles. The second-order valence-electron chi connectivity index (χ2n) is 3.10. The second-order valence-corrected chi connectivity index (χ2v) is 3.90. The zero-order chi connectivity index (χ0) is 11.8. The molecule has 0 spiro atoms. The molecule has 2 rings (SSSR count). The number of rotatable bonds is 1. The quantitative estimate of drug-likeness (QED) is 0.781. The normalized spacial score (nSPS) is 11.7. The van der Waals surface area contributed by atoms with Crippen molar-refractivity contribution < 1.29 is 13.2 Å². The Labute approximate surface area is 93.5 Å². The molecular formula is C10H6F3N2S. The van der Waals surface area contributed by atoms with Crippen LogP contribution in [-0.2, 0) is 6.18 Å². The van der Waals surface area contributed by atoms with Gasteiger partial charge in [-0.2, -0.15) is 13.2 Å². The van der Waals surface area contributed by atoms with E-state index < -0.39 is 11.1 Å². The standard InChI is InChI=1S/C10H6F3N2S/c11-10(12,13)9-8(15-5-16-9)6-1-3-7(14)4-2-6/h1-4H,14H2. The van der Waals surface area contributed by atoms with Crippen LogP contribution in [0.5, 0.6) is 0 Å². The summed E-state index contributed by atoms with van der Waals surface area (Å²) in [6.07, 6.45) is -4.39. The minimum absolute atomic E-state index is 0.0995. The maximum atomic E-state index is 12.6. The van der Waals surface area contributed by atoms with E-state index in [1.54, 1.807) is 0 Å². The van der Waals surface area contributed by atoms with Crippen molar-refractivity contribution in [1.29, 1.82) is 0 Å². The Bertz CT molecular complexity index is 488. The van der Waals surface area contributed by atoms with Crippen LogP contribution in [0.15, 0.2) is 24.3 Å². The highest BCUT2D eigenvalue weighted by molar-refractivity contribution is 7.09. The summed E-state index contributed by atoms with van der Waals surface area (Å²) in [5.41, 5.74) is 8.50. The van der Waals surface area contributed by atoms with Crippen molar-refractivity contribution >= 4 is 17.0 Å². The van der Waals surface area contributed by atoms with Crippen molar-refractivity contribution in [2.24, 2.45) is 0 Å². The van der Waals surface area contributed by atoms with Crippen LogP contribution in [-0.4, -0.2) is 4.98 Å². The Morgan fingerprint density at radius 1 is 1.19 bits per heavy atom. The van der Waals surface area contributed by atoms with Gasteiger partial charge in [0.05, 0.1) is 5.69 Å². The lowest BCUT2D eigenvalue weighted by Gasteiger charge is -2.06. The van der Waals surface area contributed by atoms with Gasteiger partial charge < -0.3 is 5.73 Å². The van der Waals surface area contributed by atoms with Crippen LogP contribution in [0.2, 0.25) is 0 Å². The van der Waals surface area contributed by atoms with Gasteiger partial charge in [0.1, 0.15) is 4.88 Å². The third-order valence-electron chi connectivity index (χ3n) is 1.96. The van der Waals surface area contributed by atoms with Crippen molar-refractivity contribution in [1.82, 2.24) is 4.98 Å². The van der Waals surface area contributed by atoms with E-state index in [4.69, 9.17) is 5.73 Å². The van der Waals surface area contributed by atoms with Crippen molar-refractivity contribution in [3.63, 3.8) is 0 Å². The predicted octanol–water partition coefficient (Wildman–Crippen LogP) is 3.21. The van der Waals surface area contributed by atoms with Gasteiger partial charge in [0, 0.05) is 11.3 Å². The molecule has 1 aromatic carbocycles. The molecule has 0 saturated carbocycles. The van der Waals surface area contributed by atoms with Crippen LogP contribution < -0.4 is 5.73 Å². The number of benzene rings is 1. The Kier molecular flexibility index (Phi) is 2.59. The Hall–Kier alpha value is -1.56. The summed E-state index contributed by atoms with van der Waals surface area (Å²) in [4.78, 5) is 2.88. The van der Waals surface area contributed by atoms with Gasteiger partial charge in [-0.15, -0.1) is 11.3 Å². The number of alkyl halides is 3. The molecule has 83 valence electrons. The van der Waals surface area contributed by atoms with E-state index in [1.807, 2.05) is 0 Å². The average Bonchev–Trinajstić information content (AvgIpc) is 2.66. The van der Waals surface area contributed by atoms with E-state index >= 15 is 0 Å². The molecule has 0 fully saturated rings. The summed E-state index contributed by atoms with van der Waals surface area (Å²) in [5.74, 6) is 0. The number of thiazole rings is 1. The first-order valence-corrected chi connectivity index (χ1v) is 5.10. The van der Waals surface area contributed by atoms with Gasteiger partial charge in [0.2, 0.25) is 0 Å². The molecule has 0 aliphatic rings. The highest BCUT2D eigenvalue weighted by atomic mass is 32.1. The topological polar surface area (TPSA) is 38.9 Å². The highest BCUT2D eigenvalue weighted by Gasteiger charge is 2.36. The zero-order valence-corrected chi connectivity index (χ0v) is 8.69. The van der Waals surface area contributed by atoms with Crippen LogP contribution in [0.25, 0.3) is 11.3 Å². The lowest BCUT2D eigenvalue weighted by Crippen LogP contribution is -2.03. The SMILES string of the molecule is Nc1ccc(-c2n[c]sc2C(F)(F)F)cc1. The van der Waals surface area contributed by atoms with Crippen molar-refractivity contribution in [3.05, 3.63) is 34.7 Å². The second kappa shape index (κ2) is 3.79. The maximum absolute atomic E-state index is 12.6. The molecule has 0 aliphatic heterocycles. The summed E-state index contributed by atoms with van der Waals surface area (Å²) in [5, 5.41) is 0. The molecule has 1 heterocycles. The summed E-state index contributed by atoms with van der Waals surface area (Å²) in [6.45, 7) is 0. The first-order valence-electron chi connectivity index (χ1n) is 4.28. The van der Waals surface area contributed by atoms with E-state index in [1.165, 1.54) is 24.3 Å². The number of nitrogens with zero attached hydrogens (tertiary/aromatic N) is 1. The lowest BCUT2D eigenvalue weighted by molar-refractivity contribution is -0.134. The fourth-order valence-corrected chi connectivity index (χ4v) is 1.85. The molecule has 6 heteroatoms. The van der Waals surface area contributed by atoms with Gasteiger partial charge in [-0.25, -0.2) is 4.98 Å². The minimum atomic E-state index is -4.39. The third kappa shape index (κ3) is 2.01. The average molecular weight is 243 g/mol. The van der Waals surface area contributed by atoms with Crippen molar-refractivity contribution in [2.45, 2.75) is 6.18 Å². The summed E-state index contributed by atoms with van der Waals surface area (Å²) in [7, 11) is 0. The molecule has 0 amide bonds. The molecule has 0 bridgehead atoms. The fourth-order valence-electron chi connectivity index (χ4n) is 1.24. The van der Waals surface area contributed by atoms with E-state index in [2.05, 4.69) is 10.5 Å². The maximum Gasteiger partial charge on any atom is 0.427 e. The summed E-state index contributed by atoms with van der Waals surface area (Å²) < 4.78 is 37.7. The van der Waals surface area contributed by atoms with E-state index in [9.17, 15) is 13.2 Å². The fraction of sp³-hybridized carbons (Fsp3) is 0.100. The first-order chi connectivity index (χ1) is 7.48. The molecular weight excluding hydrogens is 237 g/mol. The number of aromatic nitrogens is 1. The van der Waals surface area contributed by atoms with Gasteiger partial charge in [0.15, 0.2) is 5.51 Å². The molecule has 1 radical (unpaired) electrons. The molecule has 0 aliphatic carbocycles. The van der Waals surface area contributed by atoms with Crippen LogP contribution in [0.4, 0.5) is 18.9 Å². The number of hydrogen-bond donors (Lipinski definition) is 1. The predicted molar refractivity (Wildman–Crippen MR) is 55.8 cm³/mol. The smallest absolute Gasteiger partial charge is 0.399 e. The van der Waals surface area contributed by atoms with Crippen LogP contribution in [0.3, 0.4) is 0 Å². The third-order valence-corrected chi connectivity index (χ3v) is 2.77. The summed E-state index contributed by atoms with van der Waals surface area (Å²) >= 11 is 0.463. The molecule has 1 aromatic heterocycles. The highest BCUT2D eigenvalue weighted by Crippen LogP contribution is 2.38. The van der Waals surface area contributed by atoms with E-state index in [0.29, 0.717) is 22.6 Å². The Balaban J connectivity index is 2.49. The van der Waals surface area contributed by atoms with Gasteiger partial charge in [-0.1, -0.05) is 12.1 Å². The van der Waals surface area contributed by atoms with Gasteiger partial charge in [0.25, 0.3) is 0 Å². The number of nitrogen functional groups attached to an aromatic ring is 1. The zero-order valence-electron chi connectivity index (χ0n) is 7.88. The number of anilines is 1. The van der Waals surface area contributed by atoms with Gasteiger partial charge in [-0.05, 0) is 12.1 Å². The first kappa shape index (κ1) is 10.9. The molecule has 0 unspecified atom stereocenters. The number of hydrogen-bond acceptors (Lipinski definition) is 3. The molecule has 0 atom stereocenters. The van der Waals surface area contributed by atoms with E-state index in [0.717, 1.165) is 0 Å². The Morgan fingerprint density at radius 2 is 1.81 bits per heavy atom. The lowest BCUT2D eigenvalue weighted by atomic mass is 10.1. The minimum Gasteiger partial charge on any atom is -0.399 e. The monoisotopic (exact) mass is 243 g/mol. The molecule has 2 N–H and O–H groups in total. The Morgan fingerprint density at radius 3 is 2.38 bits per heavy atom. The summed E-state index contributed by atoms with van der Waals surface area (Å²) in [6, 6.07) is 6.09. The van der Waals surface area contributed by atoms with Crippen molar-refractivity contribution in [3.8, 4) is 11.3 Å². The van der Waals surface area contributed by atoms with Crippen LogP contribution >= 0.6 is 11.3 Å². The number of halogens is 3. The van der Waals surface area contributed by atoms with E-state index in [-0.39, 0.29) is 5.69 Å². The van der Waals surface area contributed by atoms with Crippen LogP contribution in [0.1, 0.15) is 4.88 Å². The molecule has 2 nitrogen and oxygen atoms in total. The van der Waals surface area contributed by atoms with Crippen molar-refractivity contribution in [2.75, 3.05) is 5.73 Å². The largest absolute Gasteiger partial charge is 0.427 e. The van der Waals surface area contributed by atoms with Gasteiger partial charge in [-0.3, -0.25) is 0 Å². The number of nitrogens with two attached hydrogens (primary N) is 1. The molecule has 2 aromatic rings. The van der Waals surface area contributed by atoms with Crippen LogP contribution in [0, 0.1) is 5.51 Å². The molecule has 16 heavy (non-hydrogen) atoms. The van der Waals surface area contributed by atoms with Gasteiger partial charge >= 0.3 is 6.18 Å².